The lowest BCUT2D eigenvalue weighted by molar-refractivity contribution is -0.183. The van der Waals surface area contributed by atoms with Crippen LogP contribution in [-0.4, -0.2) is 68.2 Å². The van der Waals surface area contributed by atoms with Crippen molar-refractivity contribution >= 4 is 24.2 Å². The highest BCUT2D eigenvalue weighted by Crippen LogP contribution is 2.24. The molecule has 1 aliphatic rings. The SMILES string of the molecule is CCCNC(=O)c1cccc(C(=O)NCC(N2CCNCC2)C(F)(F)F)c1.Cl. The predicted molar refractivity (Wildman–Crippen MR) is 103 cm³/mol. The molecule has 0 radical (unpaired) electrons. The molecule has 1 aliphatic heterocycles. The highest BCUT2D eigenvalue weighted by molar-refractivity contribution is 5.99. The smallest absolute Gasteiger partial charge is 0.352 e. The standard InChI is InChI=1S/C18H25F3N4O2.ClH/c1-2-6-23-16(26)13-4-3-5-14(11-13)17(27)24-12-15(18(19,20)21)25-9-7-22-8-10-25;/h3-5,11,15,22H,2,6-10,12H2,1H3,(H,23,26)(H,24,27);1H. The molecule has 1 aromatic carbocycles. The van der Waals surface area contributed by atoms with E-state index in [9.17, 15) is 22.8 Å². The van der Waals surface area contributed by atoms with E-state index in [-0.39, 0.29) is 37.0 Å². The molecule has 1 heterocycles. The minimum atomic E-state index is -4.44. The van der Waals surface area contributed by atoms with Gasteiger partial charge in [-0.25, -0.2) is 0 Å². The molecule has 0 saturated carbocycles. The topological polar surface area (TPSA) is 73.5 Å². The molecule has 1 aromatic rings. The number of piperazine rings is 1. The minimum absolute atomic E-state index is 0. The highest BCUT2D eigenvalue weighted by atomic mass is 35.5. The Labute approximate surface area is 168 Å². The highest BCUT2D eigenvalue weighted by Gasteiger charge is 2.43. The molecular formula is C18H26ClF3N4O2. The third-order valence-corrected chi connectivity index (χ3v) is 4.35. The van der Waals surface area contributed by atoms with E-state index < -0.39 is 24.7 Å². The van der Waals surface area contributed by atoms with Crippen LogP contribution < -0.4 is 16.0 Å². The van der Waals surface area contributed by atoms with Gasteiger partial charge in [0.15, 0.2) is 0 Å². The maximum atomic E-state index is 13.4. The summed E-state index contributed by atoms with van der Waals surface area (Å²) in [6, 6.07) is 4.21. The second kappa shape index (κ2) is 11.2. The number of carbonyl (C=O) groups excluding carboxylic acids is 2. The third-order valence-electron chi connectivity index (χ3n) is 4.35. The first-order chi connectivity index (χ1) is 12.8. The third kappa shape index (κ3) is 6.96. The number of hydrogen-bond donors (Lipinski definition) is 3. The number of carbonyl (C=O) groups is 2. The summed E-state index contributed by atoms with van der Waals surface area (Å²) in [5.74, 6) is -0.954. The second-order valence-electron chi connectivity index (χ2n) is 6.39. The van der Waals surface area contributed by atoms with E-state index in [0.717, 1.165) is 6.42 Å². The lowest BCUT2D eigenvalue weighted by Crippen LogP contribution is -2.57. The van der Waals surface area contributed by atoms with Crippen molar-refractivity contribution in [2.45, 2.75) is 25.6 Å². The van der Waals surface area contributed by atoms with Crippen molar-refractivity contribution in [1.82, 2.24) is 20.9 Å². The lowest BCUT2D eigenvalue weighted by Gasteiger charge is -2.35. The molecule has 3 N–H and O–H groups in total. The normalized spacial score (nSPS) is 16.0. The summed E-state index contributed by atoms with van der Waals surface area (Å²) < 4.78 is 40.1. The van der Waals surface area contributed by atoms with Crippen LogP contribution in [-0.2, 0) is 0 Å². The molecule has 2 rings (SSSR count). The summed E-state index contributed by atoms with van der Waals surface area (Å²) in [6.07, 6.45) is -3.66. The van der Waals surface area contributed by atoms with E-state index >= 15 is 0 Å². The Hall–Kier alpha value is -1.84. The van der Waals surface area contributed by atoms with Crippen LogP contribution in [0.15, 0.2) is 24.3 Å². The Morgan fingerprint density at radius 2 is 1.71 bits per heavy atom. The van der Waals surface area contributed by atoms with Gasteiger partial charge in [0.05, 0.1) is 0 Å². The van der Waals surface area contributed by atoms with Crippen LogP contribution in [0.4, 0.5) is 13.2 Å². The van der Waals surface area contributed by atoms with Crippen LogP contribution >= 0.6 is 12.4 Å². The summed E-state index contributed by atoms with van der Waals surface area (Å²) in [5, 5.41) is 8.06. The molecule has 0 bridgehead atoms. The molecule has 10 heteroatoms. The average molecular weight is 423 g/mol. The first-order valence-electron chi connectivity index (χ1n) is 9.01. The van der Waals surface area contributed by atoms with E-state index in [1.54, 1.807) is 6.07 Å². The quantitative estimate of drug-likeness (QED) is 0.626. The molecule has 0 spiro atoms. The summed E-state index contributed by atoms with van der Waals surface area (Å²) in [7, 11) is 0. The van der Waals surface area contributed by atoms with Gasteiger partial charge in [0.25, 0.3) is 11.8 Å². The van der Waals surface area contributed by atoms with Gasteiger partial charge in [0, 0.05) is 50.4 Å². The maximum absolute atomic E-state index is 13.4. The van der Waals surface area contributed by atoms with E-state index in [4.69, 9.17) is 0 Å². The van der Waals surface area contributed by atoms with E-state index in [0.29, 0.717) is 25.2 Å². The van der Waals surface area contributed by atoms with Crippen molar-refractivity contribution in [2.24, 2.45) is 0 Å². The Kier molecular flexibility index (Phi) is 9.71. The molecule has 1 fully saturated rings. The van der Waals surface area contributed by atoms with Crippen LogP contribution in [0.5, 0.6) is 0 Å². The number of rotatable bonds is 7. The fraction of sp³-hybridized carbons (Fsp3) is 0.556. The molecule has 6 nitrogen and oxygen atoms in total. The van der Waals surface area contributed by atoms with Gasteiger partial charge in [-0.05, 0) is 24.6 Å². The number of nitrogens with zero attached hydrogens (tertiary/aromatic N) is 1. The summed E-state index contributed by atoms with van der Waals surface area (Å²) in [4.78, 5) is 25.6. The Balaban J connectivity index is 0.00000392. The number of alkyl halides is 3. The lowest BCUT2D eigenvalue weighted by atomic mass is 10.1. The Morgan fingerprint density at radius 3 is 2.25 bits per heavy atom. The molecule has 0 aromatic heterocycles. The maximum Gasteiger partial charge on any atom is 0.405 e. The predicted octanol–water partition coefficient (Wildman–Crippen LogP) is 1.81. The van der Waals surface area contributed by atoms with Gasteiger partial charge in [-0.3, -0.25) is 14.5 Å². The van der Waals surface area contributed by atoms with E-state index in [2.05, 4.69) is 16.0 Å². The number of hydrogen-bond acceptors (Lipinski definition) is 4. The van der Waals surface area contributed by atoms with Crippen molar-refractivity contribution in [3.63, 3.8) is 0 Å². The van der Waals surface area contributed by atoms with Gasteiger partial charge < -0.3 is 16.0 Å². The van der Waals surface area contributed by atoms with E-state index in [1.165, 1.54) is 23.1 Å². The summed E-state index contributed by atoms with van der Waals surface area (Å²) in [6.45, 7) is 3.40. The van der Waals surface area contributed by atoms with Crippen molar-refractivity contribution in [3.05, 3.63) is 35.4 Å². The molecule has 1 atom stereocenters. The van der Waals surface area contributed by atoms with Gasteiger partial charge in [-0.15, -0.1) is 12.4 Å². The summed E-state index contributed by atoms with van der Waals surface area (Å²) >= 11 is 0. The molecule has 28 heavy (non-hydrogen) atoms. The molecule has 1 unspecified atom stereocenters. The van der Waals surface area contributed by atoms with Crippen LogP contribution in [0, 0.1) is 0 Å². The minimum Gasteiger partial charge on any atom is -0.352 e. The van der Waals surface area contributed by atoms with Crippen molar-refractivity contribution in [2.75, 3.05) is 39.3 Å². The first kappa shape index (κ1) is 24.2. The Bertz CT molecular complexity index is 652. The second-order valence-corrected chi connectivity index (χ2v) is 6.39. The number of amides is 2. The molecule has 2 amide bonds. The fourth-order valence-electron chi connectivity index (χ4n) is 2.88. The van der Waals surface area contributed by atoms with Gasteiger partial charge in [-0.2, -0.15) is 13.2 Å². The number of nitrogens with one attached hydrogen (secondary N) is 3. The zero-order valence-corrected chi connectivity index (χ0v) is 16.5. The number of halogens is 4. The zero-order valence-electron chi connectivity index (χ0n) is 15.6. The molecule has 158 valence electrons. The van der Waals surface area contributed by atoms with Crippen LogP contribution in [0.25, 0.3) is 0 Å². The monoisotopic (exact) mass is 422 g/mol. The molecule has 1 saturated heterocycles. The van der Waals surface area contributed by atoms with Gasteiger partial charge in [-0.1, -0.05) is 13.0 Å². The molecule has 0 aliphatic carbocycles. The van der Waals surface area contributed by atoms with Gasteiger partial charge >= 0.3 is 6.18 Å². The van der Waals surface area contributed by atoms with Crippen LogP contribution in [0.3, 0.4) is 0 Å². The Morgan fingerprint density at radius 1 is 1.14 bits per heavy atom. The van der Waals surface area contributed by atoms with Crippen molar-refractivity contribution in [3.8, 4) is 0 Å². The van der Waals surface area contributed by atoms with Gasteiger partial charge in [0.1, 0.15) is 6.04 Å². The van der Waals surface area contributed by atoms with Crippen LogP contribution in [0.2, 0.25) is 0 Å². The molecular weight excluding hydrogens is 397 g/mol. The fourth-order valence-corrected chi connectivity index (χ4v) is 2.88. The van der Waals surface area contributed by atoms with E-state index in [1.807, 2.05) is 6.92 Å². The number of benzene rings is 1. The summed E-state index contributed by atoms with van der Waals surface area (Å²) in [5.41, 5.74) is 0.450. The zero-order chi connectivity index (χ0) is 19.9. The first-order valence-corrected chi connectivity index (χ1v) is 9.01. The average Bonchev–Trinajstić information content (AvgIpc) is 2.66. The van der Waals surface area contributed by atoms with Gasteiger partial charge in [0.2, 0.25) is 0 Å². The van der Waals surface area contributed by atoms with Crippen molar-refractivity contribution < 1.29 is 22.8 Å². The largest absolute Gasteiger partial charge is 0.405 e. The van der Waals surface area contributed by atoms with Crippen molar-refractivity contribution in [1.29, 1.82) is 0 Å². The van der Waals surface area contributed by atoms with Crippen LogP contribution in [0.1, 0.15) is 34.1 Å².